The summed E-state index contributed by atoms with van der Waals surface area (Å²) in [5.41, 5.74) is 1.32. The first-order valence-electron chi connectivity index (χ1n) is 9.02. The molecular formula is C22H20BrNO4S. The third kappa shape index (κ3) is 5.05. The van der Waals surface area contributed by atoms with E-state index in [-0.39, 0.29) is 10.6 Å². The zero-order valence-corrected chi connectivity index (χ0v) is 18.2. The predicted octanol–water partition coefficient (Wildman–Crippen LogP) is 4.81. The molecule has 0 spiro atoms. The van der Waals surface area contributed by atoms with Crippen LogP contribution in [0.2, 0.25) is 0 Å². The van der Waals surface area contributed by atoms with Gasteiger partial charge in [-0.1, -0.05) is 59.3 Å². The van der Waals surface area contributed by atoms with E-state index >= 15 is 0 Å². The summed E-state index contributed by atoms with van der Waals surface area (Å²) in [6.07, 6.45) is 0.811. The molecule has 0 saturated heterocycles. The monoisotopic (exact) mass is 473 g/mol. The number of ether oxygens (including phenoxy) is 1. The highest BCUT2D eigenvalue weighted by Gasteiger charge is 2.31. The van der Waals surface area contributed by atoms with Gasteiger partial charge in [0.05, 0.1) is 10.6 Å². The Balaban J connectivity index is 1.94. The van der Waals surface area contributed by atoms with Crippen LogP contribution in [0.3, 0.4) is 0 Å². The van der Waals surface area contributed by atoms with Gasteiger partial charge >= 0.3 is 0 Å². The Morgan fingerprint density at radius 2 is 1.66 bits per heavy atom. The summed E-state index contributed by atoms with van der Waals surface area (Å²) in [5.74, 6) is -0.218. The number of carbonyl (C=O) groups excluding carboxylic acids is 1. The maximum atomic E-state index is 13.2. The summed E-state index contributed by atoms with van der Waals surface area (Å²) in [4.78, 5) is 13.0. The molecule has 29 heavy (non-hydrogen) atoms. The molecule has 0 heterocycles. The Hall–Kier alpha value is -2.64. The van der Waals surface area contributed by atoms with E-state index in [1.807, 2.05) is 25.1 Å². The molecule has 0 atom stereocenters. The van der Waals surface area contributed by atoms with Gasteiger partial charge in [0.15, 0.2) is 6.61 Å². The number of rotatable bonds is 7. The quantitative estimate of drug-likeness (QED) is 0.493. The van der Waals surface area contributed by atoms with Gasteiger partial charge in [0.1, 0.15) is 5.75 Å². The molecule has 0 N–H and O–H groups in total. The highest BCUT2D eigenvalue weighted by Crippen LogP contribution is 2.25. The third-order valence-corrected chi connectivity index (χ3v) is 6.50. The fourth-order valence-electron chi connectivity index (χ4n) is 2.74. The normalized spacial score (nSPS) is 11.1. The van der Waals surface area contributed by atoms with E-state index in [9.17, 15) is 13.2 Å². The number of halogens is 1. The van der Waals surface area contributed by atoms with Crippen LogP contribution in [0.25, 0.3) is 0 Å². The summed E-state index contributed by atoms with van der Waals surface area (Å²) in [5, 5.41) is 0. The van der Waals surface area contributed by atoms with Crippen LogP contribution in [0.15, 0.2) is 88.2 Å². The number of amides is 1. The predicted molar refractivity (Wildman–Crippen MR) is 117 cm³/mol. The molecule has 0 aromatic heterocycles. The van der Waals surface area contributed by atoms with Crippen LogP contribution in [0.1, 0.15) is 12.5 Å². The van der Waals surface area contributed by atoms with Gasteiger partial charge in [-0.25, -0.2) is 8.42 Å². The topological polar surface area (TPSA) is 63.7 Å². The molecule has 0 aliphatic heterocycles. The standard InChI is InChI=1S/C22H20BrNO4S/c1-2-17-11-13-19(14-12-17)24(29(26,27)21-9-4-3-5-10-21)22(25)16-28-20-8-6-7-18(23)15-20/h3-15H,2,16H2,1H3. The Labute approximate surface area is 179 Å². The first kappa shape index (κ1) is 21.1. The summed E-state index contributed by atoms with van der Waals surface area (Å²) in [6.45, 7) is 1.59. The molecule has 0 radical (unpaired) electrons. The van der Waals surface area contributed by atoms with Crippen molar-refractivity contribution in [1.29, 1.82) is 0 Å². The Morgan fingerprint density at radius 1 is 0.966 bits per heavy atom. The summed E-state index contributed by atoms with van der Waals surface area (Å²) in [6, 6.07) is 21.8. The smallest absolute Gasteiger partial charge is 0.278 e. The lowest BCUT2D eigenvalue weighted by atomic mass is 10.1. The van der Waals surface area contributed by atoms with Crippen molar-refractivity contribution < 1.29 is 17.9 Å². The third-order valence-electron chi connectivity index (χ3n) is 4.25. The van der Waals surface area contributed by atoms with Gasteiger partial charge in [0, 0.05) is 4.47 Å². The number of nitrogens with zero attached hydrogens (tertiary/aromatic N) is 1. The second-order valence-corrected chi connectivity index (χ2v) is 8.94. The molecule has 7 heteroatoms. The first-order chi connectivity index (χ1) is 13.9. The second-order valence-electron chi connectivity index (χ2n) is 6.24. The first-order valence-corrected chi connectivity index (χ1v) is 11.3. The zero-order valence-electron chi connectivity index (χ0n) is 15.8. The lowest BCUT2D eigenvalue weighted by molar-refractivity contribution is -0.119. The van der Waals surface area contributed by atoms with Crippen molar-refractivity contribution in [1.82, 2.24) is 0 Å². The van der Waals surface area contributed by atoms with Gasteiger partial charge in [0.2, 0.25) is 0 Å². The number of aryl methyl sites for hydroxylation is 1. The van der Waals surface area contributed by atoms with Crippen molar-refractivity contribution in [2.45, 2.75) is 18.2 Å². The van der Waals surface area contributed by atoms with Crippen molar-refractivity contribution in [3.8, 4) is 5.75 Å². The number of benzene rings is 3. The maximum absolute atomic E-state index is 13.2. The molecule has 0 aliphatic carbocycles. The molecule has 150 valence electrons. The minimum Gasteiger partial charge on any atom is -0.484 e. The van der Waals surface area contributed by atoms with Crippen LogP contribution in [-0.4, -0.2) is 20.9 Å². The van der Waals surface area contributed by atoms with Gasteiger partial charge in [-0.3, -0.25) is 4.79 Å². The van der Waals surface area contributed by atoms with Crippen molar-refractivity contribution in [2.24, 2.45) is 0 Å². The highest BCUT2D eigenvalue weighted by molar-refractivity contribution is 9.10. The molecule has 0 aliphatic rings. The SMILES string of the molecule is CCc1ccc(N(C(=O)COc2cccc(Br)c2)S(=O)(=O)c2ccccc2)cc1. The number of hydrogen-bond acceptors (Lipinski definition) is 4. The molecule has 5 nitrogen and oxygen atoms in total. The molecule has 0 unspecified atom stereocenters. The fraction of sp³-hybridized carbons (Fsp3) is 0.136. The summed E-state index contributed by atoms with van der Waals surface area (Å²) < 4.78 is 33.6. The lowest BCUT2D eigenvalue weighted by Gasteiger charge is -2.23. The maximum Gasteiger partial charge on any atom is 0.278 e. The molecule has 3 aromatic rings. The average molecular weight is 474 g/mol. The van der Waals surface area contributed by atoms with Gasteiger partial charge < -0.3 is 4.74 Å². The van der Waals surface area contributed by atoms with Crippen LogP contribution < -0.4 is 9.04 Å². The number of sulfonamides is 1. The van der Waals surface area contributed by atoms with Gasteiger partial charge in [-0.2, -0.15) is 4.31 Å². The second kappa shape index (κ2) is 9.24. The van der Waals surface area contributed by atoms with Gasteiger partial charge in [-0.15, -0.1) is 0 Å². The van der Waals surface area contributed by atoms with Crippen molar-refractivity contribution in [3.05, 3.63) is 88.9 Å². The lowest BCUT2D eigenvalue weighted by Crippen LogP contribution is -2.40. The van der Waals surface area contributed by atoms with Gasteiger partial charge in [0.25, 0.3) is 15.9 Å². The summed E-state index contributed by atoms with van der Waals surface area (Å²) >= 11 is 3.34. The minimum absolute atomic E-state index is 0.0374. The zero-order chi connectivity index (χ0) is 20.9. The van der Waals surface area contributed by atoms with E-state index in [0.29, 0.717) is 5.75 Å². The Bertz CT molecular complexity index is 1080. The Kier molecular flexibility index (Phi) is 6.71. The highest BCUT2D eigenvalue weighted by atomic mass is 79.9. The van der Waals surface area contributed by atoms with E-state index in [4.69, 9.17) is 4.74 Å². The molecule has 3 rings (SSSR count). The Morgan fingerprint density at radius 3 is 2.28 bits per heavy atom. The average Bonchev–Trinajstić information content (AvgIpc) is 2.73. The largest absolute Gasteiger partial charge is 0.484 e. The molecule has 0 fully saturated rings. The molecule has 0 saturated carbocycles. The minimum atomic E-state index is -4.09. The van der Waals surface area contributed by atoms with Gasteiger partial charge in [-0.05, 0) is 54.4 Å². The molecular weight excluding hydrogens is 454 g/mol. The number of hydrogen-bond donors (Lipinski definition) is 0. The van der Waals surface area contributed by atoms with E-state index in [1.54, 1.807) is 48.5 Å². The molecule has 0 bridgehead atoms. The van der Waals surface area contributed by atoms with Crippen LogP contribution in [-0.2, 0) is 21.2 Å². The molecule has 1 amide bonds. The fourth-order valence-corrected chi connectivity index (χ4v) is 4.55. The summed E-state index contributed by atoms with van der Waals surface area (Å²) in [7, 11) is -4.09. The van der Waals surface area contributed by atoms with Crippen LogP contribution in [0.5, 0.6) is 5.75 Å². The van der Waals surface area contributed by atoms with Crippen molar-refractivity contribution in [2.75, 3.05) is 10.9 Å². The van der Waals surface area contributed by atoms with Crippen molar-refractivity contribution in [3.63, 3.8) is 0 Å². The van der Waals surface area contributed by atoms with E-state index in [0.717, 1.165) is 20.8 Å². The van der Waals surface area contributed by atoms with E-state index in [2.05, 4.69) is 15.9 Å². The van der Waals surface area contributed by atoms with Crippen LogP contribution in [0, 0.1) is 0 Å². The van der Waals surface area contributed by atoms with E-state index in [1.165, 1.54) is 12.1 Å². The van der Waals surface area contributed by atoms with Crippen LogP contribution in [0.4, 0.5) is 5.69 Å². The van der Waals surface area contributed by atoms with Crippen LogP contribution >= 0.6 is 15.9 Å². The number of anilines is 1. The number of carbonyl (C=O) groups is 1. The molecule has 3 aromatic carbocycles. The van der Waals surface area contributed by atoms with E-state index < -0.39 is 22.5 Å². The van der Waals surface area contributed by atoms with Crippen molar-refractivity contribution >= 4 is 37.5 Å².